The van der Waals surface area contributed by atoms with Crippen molar-refractivity contribution in [2.75, 3.05) is 6.54 Å². The Bertz CT molecular complexity index is 428. The van der Waals surface area contributed by atoms with Crippen molar-refractivity contribution >= 4 is 0 Å². The lowest BCUT2D eigenvalue weighted by Gasteiger charge is -2.32. The molecule has 1 saturated carbocycles. The normalized spacial score (nSPS) is 36.2. The van der Waals surface area contributed by atoms with Crippen LogP contribution < -0.4 is 5.32 Å². The minimum atomic E-state index is -0.503. The SMILES string of the molecule is CCC1CCNC(C(O)c2ccc(C3CC3C)o2)C1. The highest BCUT2D eigenvalue weighted by atomic mass is 16.4. The van der Waals surface area contributed by atoms with Crippen molar-refractivity contribution in [2.24, 2.45) is 11.8 Å². The van der Waals surface area contributed by atoms with Crippen molar-refractivity contribution in [3.63, 3.8) is 0 Å². The van der Waals surface area contributed by atoms with Crippen LogP contribution in [0.2, 0.25) is 0 Å². The summed E-state index contributed by atoms with van der Waals surface area (Å²) in [6.07, 6.45) is 4.20. The van der Waals surface area contributed by atoms with Gasteiger partial charge in [0.15, 0.2) is 0 Å². The van der Waals surface area contributed by atoms with E-state index in [0.717, 1.165) is 36.3 Å². The molecule has 2 fully saturated rings. The molecule has 3 heteroatoms. The van der Waals surface area contributed by atoms with E-state index in [4.69, 9.17) is 4.42 Å². The summed E-state index contributed by atoms with van der Waals surface area (Å²) in [6, 6.07) is 4.16. The molecule has 3 nitrogen and oxygen atoms in total. The Hall–Kier alpha value is -0.800. The molecular weight excluding hydrogens is 238 g/mol. The van der Waals surface area contributed by atoms with E-state index >= 15 is 0 Å². The van der Waals surface area contributed by atoms with Crippen LogP contribution in [-0.4, -0.2) is 17.7 Å². The monoisotopic (exact) mass is 263 g/mol. The zero-order valence-electron chi connectivity index (χ0n) is 11.9. The van der Waals surface area contributed by atoms with E-state index in [9.17, 15) is 5.11 Å². The van der Waals surface area contributed by atoms with E-state index in [1.54, 1.807) is 0 Å². The number of piperidine rings is 1. The third-order valence-corrected chi connectivity index (χ3v) is 4.92. The minimum Gasteiger partial charge on any atom is -0.463 e. The second-order valence-electron chi connectivity index (χ2n) is 6.36. The molecule has 5 unspecified atom stereocenters. The van der Waals surface area contributed by atoms with E-state index in [2.05, 4.69) is 19.2 Å². The van der Waals surface area contributed by atoms with E-state index in [1.165, 1.54) is 19.3 Å². The molecular formula is C16H25NO2. The maximum Gasteiger partial charge on any atom is 0.134 e. The molecule has 0 amide bonds. The Morgan fingerprint density at radius 1 is 1.42 bits per heavy atom. The molecule has 2 heterocycles. The molecule has 1 saturated heterocycles. The van der Waals surface area contributed by atoms with Crippen molar-refractivity contribution in [1.29, 1.82) is 0 Å². The maximum atomic E-state index is 10.5. The van der Waals surface area contributed by atoms with Gasteiger partial charge in [0.2, 0.25) is 0 Å². The summed E-state index contributed by atoms with van der Waals surface area (Å²) in [5.41, 5.74) is 0. The third-order valence-electron chi connectivity index (χ3n) is 4.92. The fraction of sp³-hybridized carbons (Fsp3) is 0.750. The highest BCUT2D eigenvalue weighted by molar-refractivity contribution is 5.19. The van der Waals surface area contributed by atoms with Gasteiger partial charge in [0.25, 0.3) is 0 Å². The number of furan rings is 1. The first-order valence-corrected chi connectivity index (χ1v) is 7.70. The van der Waals surface area contributed by atoms with Crippen LogP contribution in [-0.2, 0) is 0 Å². The molecule has 1 aliphatic carbocycles. The van der Waals surface area contributed by atoms with E-state index in [0.29, 0.717) is 5.92 Å². The molecule has 0 aromatic carbocycles. The Labute approximate surface area is 115 Å². The van der Waals surface area contributed by atoms with Gasteiger partial charge in [-0.3, -0.25) is 0 Å². The van der Waals surface area contributed by atoms with Crippen molar-refractivity contribution in [1.82, 2.24) is 5.32 Å². The average molecular weight is 263 g/mol. The molecule has 1 aromatic rings. The number of rotatable bonds is 4. The molecule has 2 N–H and O–H groups in total. The number of hydrogen-bond acceptors (Lipinski definition) is 3. The van der Waals surface area contributed by atoms with Gasteiger partial charge in [-0.2, -0.15) is 0 Å². The summed E-state index contributed by atoms with van der Waals surface area (Å²) in [5.74, 6) is 3.86. The standard InChI is InChI=1S/C16H25NO2/c1-3-11-6-7-17-13(9-11)16(18)15-5-4-14(19-15)12-8-10(12)2/h4-5,10-13,16-18H,3,6-9H2,1-2H3. The van der Waals surface area contributed by atoms with Crippen molar-refractivity contribution in [3.05, 3.63) is 23.7 Å². The summed E-state index contributed by atoms with van der Waals surface area (Å²) in [6.45, 7) is 5.49. The Kier molecular flexibility index (Phi) is 3.68. The highest BCUT2D eigenvalue weighted by Crippen LogP contribution is 2.47. The largest absolute Gasteiger partial charge is 0.463 e. The minimum absolute atomic E-state index is 0.148. The lowest BCUT2D eigenvalue weighted by Crippen LogP contribution is -2.41. The summed E-state index contributed by atoms with van der Waals surface area (Å²) >= 11 is 0. The second-order valence-corrected chi connectivity index (χ2v) is 6.36. The lowest BCUT2D eigenvalue weighted by molar-refractivity contribution is 0.0780. The molecule has 5 atom stereocenters. The second kappa shape index (κ2) is 5.29. The summed E-state index contributed by atoms with van der Waals surface area (Å²) in [4.78, 5) is 0. The maximum absolute atomic E-state index is 10.5. The zero-order chi connectivity index (χ0) is 13.4. The van der Waals surface area contributed by atoms with Crippen LogP contribution in [0.15, 0.2) is 16.5 Å². The molecule has 0 bridgehead atoms. The Morgan fingerprint density at radius 3 is 2.89 bits per heavy atom. The third kappa shape index (κ3) is 2.72. The summed E-state index contributed by atoms with van der Waals surface area (Å²) in [7, 11) is 0. The van der Waals surface area contributed by atoms with Gasteiger partial charge in [0, 0.05) is 12.0 Å². The molecule has 106 valence electrons. The fourth-order valence-corrected chi connectivity index (χ4v) is 3.29. The van der Waals surface area contributed by atoms with E-state index < -0.39 is 6.10 Å². The van der Waals surface area contributed by atoms with Crippen LogP contribution in [0.1, 0.15) is 63.1 Å². The van der Waals surface area contributed by atoms with Gasteiger partial charge in [0.05, 0.1) is 0 Å². The summed E-state index contributed by atoms with van der Waals surface area (Å²) < 4.78 is 5.87. The van der Waals surface area contributed by atoms with E-state index in [-0.39, 0.29) is 6.04 Å². The molecule has 19 heavy (non-hydrogen) atoms. The van der Waals surface area contributed by atoms with Gasteiger partial charge in [-0.05, 0) is 49.8 Å². The van der Waals surface area contributed by atoms with E-state index in [1.807, 2.05) is 12.1 Å². The van der Waals surface area contributed by atoms with Crippen LogP contribution in [0.3, 0.4) is 0 Å². The Morgan fingerprint density at radius 2 is 2.21 bits per heavy atom. The van der Waals surface area contributed by atoms with Gasteiger partial charge in [0.1, 0.15) is 17.6 Å². The highest BCUT2D eigenvalue weighted by Gasteiger charge is 2.37. The average Bonchev–Trinajstić information content (AvgIpc) is 2.99. The topological polar surface area (TPSA) is 45.4 Å². The predicted molar refractivity (Wildman–Crippen MR) is 75.0 cm³/mol. The van der Waals surface area contributed by atoms with Crippen LogP contribution in [0, 0.1) is 11.8 Å². The van der Waals surface area contributed by atoms with Crippen LogP contribution in [0.4, 0.5) is 0 Å². The number of hydrogen-bond donors (Lipinski definition) is 2. The molecule has 3 rings (SSSR count). The van der Waals surface area contributed by atoms with Crippen molar-refractivity contribution < 1.29 is 9.52 Å². The predicted octanol–water partition coefficient (Wildman–Crippen LogP) is 3.21. The quantitative estimate of drug-likeness (QED) is 0.876. The first-order valence-electron chi connectivity index (χ1n) is 7.70. The first kappa shape index (κ1) is 13.2. The molecule has 1 aromatic heterocycles. The van der Waals surface area contributed by atoms with Crippen LogP contribution in [0.25, 0.3) is 0 Å². The molecule has 0 radical (unpaired) electrons. The molecule has 1 aliphatic heterocycles. The van der Waals surface area contributed by atoms with Crippen LogP contribution in [0.5, 0.6) is 0 Å². The summed E-state index contributed by atoms with van der Waals surface area (Å²) in [5, 5.41) is 13.9. The first-order chi connectivity index (χ1) is 9.19. The van der Waals surface area contributed by atoms with Gasteiger partial charge >= 0.3 is 0 Å². The number of nitrogens with one attached hydrogen (secondary N) is 1. The van der Waals surface area contributed by atoms with Gasteiger partial charge in [-0.25, -0.2) is 0 Å². The number of aliphatic hydroxyl groups excluding tert-OH is 1. The zero-order valence-corrected chi connectivity index (χ0v) is 11.9. The fourth-order valence-electron chi connectivity index (χ4n) is 3.29. The van der Waals surface area contributed by atoms with Gasteiger partial charge in [-0.1, -0.05) is 20.3 Å². The van der Waals surface area contributed by atoms with Crippen molar-refractivity contribution in [3.8, 4) is 0 Å². The van der Waals surface area contributed by atoms with Crippen LogP contribution >= 0.6 is 0 Å². The molecule has 2 aliphatic rings. The van der Waals surface area contributed by atoms with Crippen molar-refractivity contribution in [2.45, 2.75) is 57.6 Å². The Balaban J connectivity index is 1.65. The lowest BCUT2D eigenvalue weighted by atomic mass is 9.87. The van der Waals surface area contributed by atoms with Gasteiger partial charge in [-0.15, -0.1) is 0 Å². The smallest absolute Gasteiger partial charge is 0.134 e. The molecule has 0 spiro atoms. The number of aliphatic hydroxyl groups is 1. The van der Waals surface area contributed by atoms with Gasteiger partial charge < -0.3 is 14.8 Å².